The van der Waals surface area contributed by atoms with E-state index in [9.17, 15) is 4.79 Å². The number of hydrogen-bond acceptors (Lipinski definition) is 2. The van der Waals surface area contributed by atoms with Crippen LogP contribution in [0.5, 0.6) is 5.75 Å². The van der Waals surface area contributed by atoms with E-state index >= 15 is 0 Å². The summed E-state index contributed by atoms with van der Waals surface area (Å²) in [6, 6.07) is 13.2. The van der Waals surface area contributed by atoms with Gasteiger partial charge in [0.1, 0.15) is 5.75 Å². The van der Waals surface area contributed by atoms with E-state index in [2.05, 4.69) is 17.4 Å². The molecule has 0 spiro atoms. The fraction of sp³-hybridized carbons (Fsp3) is 0.316. The van der Waals surface area contributed by atoms with Crippen molar-refractivity contribution in [2.24, 2.45) is 0 Å². The molecule has 2 aromatic carbocycles. The van der Waals surface area contributed by atoms with Crippen molar-refractivity contribution >= 4 is 40.7 Å². The summed E-state index contributed by atoms with van der Waals surface area (Å²) in [5.41, 5.74) is 1.25. The lowest BCUT2D eigenvalue weighted by molar-refractivity contribution is -0.127. The van der Waals surface area contributed by atoms with Gasteiger partial charge in [0.2, 0.25) is 0 Å². The Balaban J connectivity index is 1.86. The molecule has 0 bridgehead atoms. The lowest BCUT2D eigenvalue weighted by Gasteiger charge is -2.19. The molecule has 6 heteroatoms. The largest absolute Gasteiger partial charge is 0.479 e. The highest BCUT2D eigenvalue weighted by Gasteiger charge is 2.19. The lowest BCUT2D eigenvalue weighted by atomic mass is 10.1. The zero-order valence-electron chi connectivity index (χ0n) is 14.1. The summed E-state index contributed by atoms with van der Waals surface area (Å²) in [4.78, 5) is 12.3. The topological polar surface area (TPSA) is 38.3 Å². The monoisotopic (exact) mass is 399 g/mol. The molecule has 0 fully saturated rings. The van der Waals surface area contributed by atoms with Gasteiger partial charge in [0.15, 0.2) is 6.10 Å². The first-order valence-corrected chi connectivity index (χ1v) is 9.15. The van der Waals surface area contributed by atoms with Gasteiger partial charge in [-0.3, -0.25) is 4.79 Å². The highest BCUT2D eigenvalue weighted by atomic mass is 35.5. The van der Waals surface area contributed by atoms with Crippen LogP contribution < -0.4 is 10.1 Å². The number of ether oxygens (including phenoxy) is 1. The van der Waals surface area contributed by atoms with Crippen LogP contribution in [0.15, 0.2) is 42.5 Å². The second-order valence-corrected chi connectivity index (χ2v) is 7.11. The zero-order valence-corrected chi connectivity index (χ0v) is 16.3. The Bertz CT molecular complexity index is 722. The van der Waals surface area contributed by atoms with Gasteiger partial charge in [-0.05, 0) is 38.3 Å². The minimum Gasteiger partial charge on any atom is -0.479 e. The zero-order chi connectivity index (χ0) is 18.4. The molecule has 1 amide bonds. The van der Waals surface area contributed by atoms with E-state index in [0.29, 0.717) is 20.8 Å². The number of nitrogens with one attached hydrogen (secondary N) is 1. The van der Waals surface area contributed by atoms with E-state index in [1.165, 1.54) is 17.7 Å². The van der Waals surface area contributed by atoms with Gasteiger partial charge in [0, 0.05) is 12.1 Å². The van der Waals surface area contributed by atoms with Crippen molar-refractivity contribution in [2.75, 3.05) is 0 Å². The van der Waals surface area contributed by atoms with Crippen molar-refractivity contribution in [1.29, 1.82) is 0 Å². The number of carbonyl (C=O) groups is 1. The van der Waals surface area contributed by atoms with E-state index in [1.807, 2.05) is 25.1 Å². The Hall–Kier alpha value is -1.42. The smallest absolute Gasteiger partial charge is 0.260 e. The highest BCUT2D eigenvalue weighted by Crippen LogP contribution is 2.34. The molecule has 0 unspecified atom stereocenters. The van der Waals surface area contributed by atoms with Crippen LogP contribution in [-0.4, -0.2) is 18.1 Å². The van der Waals surface area contributed by atoms with Gasteiger partial charge in [-0.25, -0.2) is 0 Å². The standard InChI is InChI=1S/C19H20Cl3NO2/c1-12(8-9-14-6-4-3-5-7-14)23-19(24)13(2)25-18-11-16(21)15(20)10-17(18)22/h3-7,10-13H,8-9H2,1-2H3,(H,23,24)/t12-,13+/m1/s1. The summed E-state index contributed by atoms with van der Waals surface area (Å²) in [5.74, 6) is 0.123. The quantitative estimate of drug-likeness (QED) is 0.619. The first-order chi connectivity index (χ1) is 11.9. The maximum atomic E-state index is 12.3. The Morgan fingerprint density at radius 1 is 1.04 bits per heavy atom. The van der Waals surface area contributed by atoms with E-state index in [1.54, 1.807) is 6.92 Å². The van der Waals surface area contributed by atoms with Crippen LogP contribution in [0.1, 0.15) is 25.8 Å². The van der Waals surface area contributed by atoms with Gasteiger partial charge < -0.3 is 10.1 Å². The van der Waals surface area contributed by atoms with Crippen molar-refractivity contribution in [3.63, 3.8) is 0 Å². The minimum atomic E-state index is -0.700. The van der Waals surface area contributed by atoms with Crippen molar-refractivity contribution in [2.45, 2.75) is 38.8 Å². The van der Waals surface area contributed by atoms with E-state index in [4.69, 9.17) is 39.5 Å². The first kappa shape index (κ1) is 19.9. The summed E-state index contributed by atoms with van der Waals surface area (Å²) >= 11 is 17.9. The van der Waals surface area contributed by atoms with Crippen LogP contribution in [0.2, 0.25) is 15.1 Å². The summed E-state index contributed by atoms with van der Waals surface area (Å²) in [6.07, 6.45) is 1.04. The van der Waals surface area contributed by atoms with Gasteiger partial charge in [-0.1, -0.05) is 65.1 Å². The van der Waals surface area contributed by atoms with E-state index in [-0.39, 0.29) is 11.9 Å². The third kappa shape index (κ3) is 6.10. The van der Waals surface area contributed by atoms with Gasteiger partial charge in [-0.2, -0.15) is 0 Å². The average molecular weight is 401 g/mol. The van der Waals surface area contributed by atoms with Crippen molar-refractivity contribution in [3.8, 4) is 5.75 Å². The molecule has 2 rings (SSSR count). The predicted molar refractivity (Wildman–Crippen MR) is 104 cm³/mol. The Morgan fingerprint density at radius 3 is 2.36 bits per heavy atom. The number of benzene rings is 2. The molecular weight excluding hydrogens is 381 g/mol. The van der Waals surface area contributed by atoms with Crippen molar-refractivity contribution in [1.82, 2.24) is 5.32 Å². The van der Waals surface area contributed by atoms with Gasteiger partial charge >= 0.3 is 0 Å². The van der Waals surface area contributed by atoms with Gasteiger partial charge in [-0.15, -0.1) is 0 Å². The third-order valence-electron chi connectivity index (χ3n) is 3.75. The van der Waals surface area contributed by atoms with Crippen LogP contribution in [0.4, 0.5) is 0 Å². The van der Waals surface area contributed by atoms with Crippen molar-refractivity contribution in [3.05, 3.63) is 63.1 Å². The molecule has 3 nitrogen and oxygen atoms in total. The SMILES string of the molecule is C[C@H](CCc1ccccc1)NC(=O)[C@H](C)Oc1cc(Cl)c(Cl)cc1Cl. The molecule has 134 valence electrons. The second kappa shape index (κ2) is 9.33. The van der Waals surface area contributed by atoms with Crippen LogP contribution in [0, 0.1) is 0 Å². The Kier molecular flexibility index (Phi) is 7.42. The molecule has 0 saturated carbocycles. The molecule has 0 aliphatic carbocycles. The summed E-state index contributed by atoms with van der Waals surface area (Å²) in [5, 5.41) is 3.92. The minimum absolute atomic E-state index is 0.0306. The fourth-order valence-electron chi connectivity index (χ4n) is 2.30. The number of halogens is 3. The Morgan fingerprint density at radius 2 is 1.68 bits per heavy atom. The maximum Gasteiger partial charge on any atom is 0.260 e. The Labute approximate surface area is 163 Å². The molecule has 0 heterocycles. The third-order valence-corrected chi connectivity index (χ3v) is 4.76. The lowest BCUT2D eigenvalue weighted by Crippen LogP contribution is -2.41. The normalized spacial score (nSPS) is 13.2. The summed E-state index contributed by atoms with van der Waals surface area (Å²) < 4.78 is 5.62. The molecule has 0 saturated heterocycles. The van der Waals surface area contributed by atoms with Gasteiger partial charge in [0.05, 0.1) is 15.1 Å². The summed E-state index contributed by atoms with van der Waals surface area (Å²) in [7, 11) is 0. The van der Waals surface area contributed by atoms with E-state index in [0.717, 1.165) is 12.8 Å². The first-order valence-electron chi connectivity index (χ1n) is 8.02. The highest BCUT2D eigenvalue weighted by molar-refractivity contribution is 6.43. The molecule has 0 aromatic heterocycles. The molecule has 0 radical (unpaired) electrons. The van der Waals surface area contributed by atoms with Crippen LogP contribution in [-0.2, 0) is 11.2 Å². The molecule has 25 heavy (non-hydrogen) atoms. The molecule has 1 N–H and O–H groups in total. The number of amides is 1. The van der Waals surface area contributed by atoms with Gasteiger partial charge in [0.25, 0.3) is 5.91 Å². The van der Waals surface area contributed by atoms with Crippen LogP contribution >= 0.6 is 34.8 Å². The summed E-state index contributed by atoms with van der Waals surface area (Å²) in [6.45, 7) is 3.64. The van der Waals surface area contributed by atoms with Crippen LogP contribution in [0.3, 0.4) is 0 Å². The molecule has 2 aromatic rings. The molecule has 2 atom stereocenters. The van der Waals surface area contributed by atoms with Crippen LogP contribution in [0.25, 0.3) is 0 Å². The number of aryl methyl sites for hydroxylation is 1. The number of carbonyl (C=O) groups excluding carboxylic acids is 1. The molecule has 0 aliphatic rings. The van der Waals surface area contributed by atoms with E-state index < -0.39 is 6.10 Å². The molecule has 0 aliphatic heterocycles. The number of hydrogen-bond donors (Lipinski definition) is 1. The maximum absolute atomic E-state index is 12.3. The van der Waals surface area contributed by atoms with Crippen molar-refractivity contribution < 1.29 is 9.53 Å². The number of rotatable bonds is 7. The second-order valence-electron chi connectivity index (χ2n) is 5.89. The molecular formula is C19H20Cl3NO2. The average Bonchev–Trinajstić information content (AvgIpc) is 2.58. The predicted octanol–water partition coefficient (Wildman–Crippen LogP) is 5.55. The fourth-order valence-corrected chi connectivity index (χ4v) is 2.88.